The molecule has 0 aliphatic heterocycles. The predicted molar refractivity (Wildman–Crippen MR) is 85.5 cm³/mol. The number of thiazole rings is 1. The summed E-state index contributed by atoms with van der Waals surface area (Å²) >= 11 is 1.39. The van der Waals surface area contributed by atoms with E-state index in [0.29, 0.717) is 11.7 Å². The molecule has 3 rings (SSSR count). The van der Waals surface area contributed by atoms with Crippen LogP contribution < -0.4 is 4.90 Å². The van der Waals surface area contributed by atoms with E-state index in [0.717, 1.165) is 5.69 Å². The number of aryl methyl sites for hydroxylation is 1. The van der Waals surface area contributed by atoms with E-state index in [1.165, 1.54) is 45.7 Å². The fourth-order valence-corrected chi connectivity index (χ4v) is 3.01. The summed E-state index contributed by atoms with van der Waals surface area (Å²) < 4.78 is 15.6. The molecule has 0 N–H and O–H groups in total. The number of carbonyl (C=O) groups excluding carboxylic acids is 1. The van der Waals surface area contributed by atoms with Crippen molar-refractivity contribution in [3.63, 3.8) is 0 Å². The Labute approximate surface area is 136 Å². The molecule has 0 unspecified atom stereocenters. The van der Waals surface area contributed by atoms with Crippen molar-refractivity contribution in [2.45, 2.75) is 13.8 Å². The number of benzene rings is 1. The molecule has 8 heteroatoms. The second-order valence-corrected chi connectivity index (χ2v) is 5.66. The highest BCUT2D eigenvalue weighted by atomic mass is 32.1. The van der Waals surface area contributed by atoms with Crippen LogP contribution in [0.5, 0.6) is 0 Å². The third-order valence-electron chi connectivity index (χ3n) is 3.26. The van der Waals surface area contributed by atoms with Crippen molar-refractivity contribution in [1.82, 2.24) is 19.7 Å². The minimum Gasteiger partial charge on any atom is -0.284 e. The lowest BCUT2D eigenvalue weighted by atomic mass is 10.1. The van der Waals surface area contributed by atoms with E-state index >= 15 is 0 Å². The maximum Gasteiger partial charge on any atom is 0.260 e. The van der Waals surface area contributed by atoms with Crippen LogP contribution in [0.15, 0.2) is 36.2 Å². The number of nitrogens with zero attached hydrogens (tertiary/aromatic N) is 5. The van der Waals surface area contributed by atoms with Gasteiger partial charge in [-0.15, -0.1) is 11.3 Å². The van der Waals surface area contributed by atoms with E-state index in [-0.39, 0.29) is 17.2 Å². The van der Waals surface area contributed by atoms with Gasteiger partial charge in [-0.2, -0.15) is 5.10 Å². The zero-order chi connectivity index (χ0) is 16.4. The van der Waals surface area contributed by atoms with Crippen LogP contribution in [0, 0.1) is 12.7 Å². The van der Waals surface area contributed by atoms with Gasteiger partial charge in [0.15, 0.2) is 5.13 Å². The highest BCUT2D eigenvalue weighted by Crippen LogP contribution is 2.23. The molecule has 0 bridgehead atoms. The van der Waals surface area contributed by atoms with Gasteiger partial charge in [-0.1, -0.05) is 0 Å². The summed E-state index contributed by atoms with van der Waals surface area (Å²) in [6.45, 7) is 4.18. The molecule has 6 nitrogen and oxygen atoms in total. The number of aromatic nitrogens is 4. The van der Waals surface area contributed by atoms with Crippen molar-refractivity contribution in [2.24, 2.45) is 0 Å². The maximum absolute atomic E-state index is 14.3. The smallest absolute Gasteiger partial charge is 0.260 e. The highest BCUT2D eigenvalue weighted by molar-refractivity contribution is 7.14. The second kappa shape index (κ2) is 6.25. The lowest BCUT2D eigenvalue weighted by molar-refractivity contribution is 0.0988. The molecule has 0 fully saturated rings. The van der Waals surface area contributed by atoms with Crippen LogP contribution >= 0.6 is 11.3 Å². The molecule has 0 aliphatic carbocycles. The van der Waals surface area contributed by atoms with Gasteiger partial charge in [-0.3, -0.25) is 9.69 Å². The van der Waals surface area contributed by atoms with Crippen LogP contribution in [0.2, 0.25) is 0 Å². The molecule has 1 amide bonds. The molecule has 118 valence electrons. The van der Waals surface area contributed by atoms with Gasteiger partial charge in [0.2, 0.25) is 0 Å². The first-order valence-electron chi connectivity index (χ1n) is 6.98. The number of amides is 1. The summed E-state index contributed by atoms with van der Waals surface area (Å²) in [5.41, 5.74) is 1.36. The zero-order valence-electron chi connectivity index (χ0n) is 12.6. The van der Waals surface area contributed by atoms with Gasteiger partial charge >= 0.3 is 0 Å². The molecule has 0 saturated carbocycles. The SMILES string of the molecule is CCN(C(=O)c1ccc(-n2cncn2)c(F)c1)c1nc(C)cs1. The Hall–Kier alpha value is -2.61. The number of hydrogen-bond acceptors (Lipinski definition) is 5. The Morgan fingerprint density at radius 2 is 2.26 bits per heavy atom. The first-order chi connectivity index (χ1) is 11.1. The van der Waals surface area contributed by atoms with Gasteiger partial charge in [0, 0.05) is 17.5 Å². The molecule has 0 radical (unpaired) electrons. The predicted octanol–water partition coefficient (Wildman–Crippen LogP) is 2.84. The van der Waals surface area contributed by atoms with Gasteiger partial charge in [0.1, 0.15) is 24.2 Å². The van der Waals surface area contributed by atoms with Crippen molar-refractivity contribution in [2.75, 3.05) is 11.4 Å². The van der Waals surface area contributed by atoms with E-state index in [1.54, 1.807) is 6.07 Å². The van der Waals surface area contributed by atoms with Crippen molar-refractivity contribution < 1.29 is 9.18 Å². The Morgan fingerprint density at radius 3 is 2.83 bits per heavy atom. The number of hydrogen-bond donors (Lipinski definition) is 0. The molecule has 2 aromatic heterocycles. The second-order valence-electron chi connectivity index (χ2n) is 4.83. The van der Waals surface area contributed by atoms with E-state index in [1.807, 2.05) is 19.2 Å². The van der Waals surface area contributed by atoms with Crippen molar-refractivity contribution in [3.05, 3.63) is 53.3 Å². The molecule has 0 atom stereocenters. The van der Waals surface area contributed by atoms with Crippen LogP contribution in [0.3, 0.4) is 0 Å². The van der Waals surface area contributed by atoms with Gasteiger partial charge in [-0.25, -0.2) is 19.0 Å². The van der Waals surface area contributed by atoms with Gasteiger partial charge < -0.3 is 0 Å². The first kappa shape index (κ1) is 15.3. The summed E-state index contributed by atoms with van der Waals surface area (Å²) in [6, 6.07) is 4.30. The number of rotatable bonds is 4. The lowest BCUT2D eigenvalue weighted by Crippen LogP contribution is -2.30. The first-order valence-corrected chi connectivity index (χ1v) is 7.86. The molecule has 0 saturated heterocycles. The fourth-order valence-electron chi connectivity index (χ4n) is 2.15. The Balaban J connectivity index is 1.91. The van der Waals surface area contributed by atoms with Crippen LogP contribution in [-0.2, 0) is 0 Å². The van der Waals surface area contributed by atoms with E-state index in [9.17, 15) is 9.18 Å². The average Bonchev–Trinajstić information content (AvgIpc) is 3.20. The number of carbonyl (C=O) groups is 1. The standard InChI is InChI=1S/C15H14FN5OS/c1-3-20(15-19-10(2)7-23-15)14(22)11-4-5-13(12(16)6-11)21-9-17-8-18-21/h4-9H,3H2,1-2H3. The van der Waals surface area contributed by atoms with Crippen molar-refractivity contribution >= 4 is 22.4 Å². The molecule has 2 heterocycles. The summed E-state index contributed by atoms with van der Waals surface area (Å²) in [6.07, 6.45) is 2.72. The Morgan fingerprint density at radius 1 is 1.43 bits per heavy atom. The molecular weight excluding hydrogens is 317 g/mol. The Bertz CT molecular complexity index is 830. The summed E-state index contributed by atoms with van der Waals surface area (Å²) in [5.74, 6) is -0.821. The van der Waals surface area contributed by atoms with Crippen molar-refractivity contribution in [1.29, 1.82) is 0 Å². The average molecular weight is 331 g/mol. The third-order valence-corrected chi connectivity index (χ3v) is 4.24. The van der Waals surface area contributed by atoms with E-state index in [4.69, 9.17) is 0 Å². The third kappa shape index (κ3) is 2.98. The topological polar surface area (TPSA) is 63.9 Å². The van der Waals surface area contributed by atoms with Gasteiger partial charge in [0.05, 0.1) is 5.69 Å². The minimum atomic E-state index is -0.535. The summed E-state index contributed by atoms with van der Waals surface area (Å²) in [5, 5.41) is 6.37. The molecule has 1 aromatic carbocycles. The van der Waals surface area contributed by atoms with Crippen LogP contribution in [0.4, 0.5) is 9.52 Å². The lowest BCUT2D eigenvalue weighted by Gasteiger charge is -2.18. The van der Waals surface area contributed by atoms with Gasteiger partial charge in [0.25, 0.3) is 5.91 Å². The monoisotopic (exact) mass is 331 g/mol. The normalized spacial score (nSPS) is 10.7. The quantitative estimate of drug-likeness (QED) is 0.737. The molecular formula is C15H14FN5OS. The van der Waals surface area contributed by atoms with Crippen LogP contribution in [-0.4, -0.2) is 32.2 Å². The van der Waals surface area contributed by atoms with E-state index < -0.39 is 5.82 Å². The largest absolute Gasteiger partial charge is 0.284 e. The number of halogens is 1. The van der Waals surface area contributed by atoms with Crippen molar-refractivity contribution in [3.8, 4) is 5.69 Å². The van der Waals surface area contributed by atoms with Crippen LogP contribution in [0.1, 0.15) is 23.0 Å². The molecule has 23 heavy (non-hydrogen) atoms. The highest BCUT2D eigenvalue weighted by Gasteiger charge is 2.20. The van der Waals surface area contributed by atoms with E-state index in [2.05, 4.69) is 15.1 Å². The molecule has 3 aromatic rings. The molecule has 0 spiro atoms. The summed E-state index contributed by atoms with van der Waals surface area (Å²) in [4.78, 5) is 22.3. The zero-order valence-corrected chi connectivity index (χ0v) is 13.4. The van der Waals surface area contributed by atoms with Crippen LogP contribution in [0.25, 0.3) is 5.69 Å². The van der Waals surface area contributed by atoms with Gasteiger partial charge in [-0.05, 0) is 32.0 Å². The molecule has 0 aliphatic rings. The Kier molecular flexibility index (Phi) is 4.16. The summed E-state index contributed by atoms with van der Waals surface area (Å²) in [7, 11) is 0. The minimum absolute atomic E-state index is 0.243. The number of anilines is 1. The fraction of sp³-hybridized carbons (Fsp3) is 0.200. The maximum atomic E-state index is 14.3.